The molecule has 33 heavy (non-hydrogen) atoms. The molecule has 1 aliphatic carbocycles. The maximum Gasteiger partial charge on any atom is 0.277 e. The van der Waals surface area contributed by atoms with Crippen molar-refractivity contribution in [1.29, 1.82) is 0 Å². The number of halogens is 1. The number of thioether (sulfide) groups is 1. The van der Waals surface area contributed by atoms with Crippen LogP contribution >= 0.6 is 11.8 Å². The summed E-state index contributed by atoms with van der Waals surface area (Å²) < 4.78 is 30.5. The summed E-state index contributed by atoms with van der Waals surface area (Å²) in [7, 11) is 0. The minimum absolute atomic E-state index is 0.0273. The van der Waals surface area contributed by atoms with Gasteiger partial charge in [-0.3, -0.25) is 9.69 Å². The standard InChI is InChI=1S/C23H31FN4O4S/c1-17(31-19-8-4-3-7-18(19)24)21-26-27-22(32-21)33-15-20(29)25-16-23(9-5-2-6-10-23)28-11-13-30-14-12-28/h3-4,7-8,17H,2,5-6,9-16H2,1H3,(H,25,29). The highest BCUT2D eigenvalue weighted by Crippen LogP contribution is 2.34. The molecule has 1 atom stereocenters. The summed E-state index contributed by atoms with van der Waals surface area (Å²) >= 11 is 1.18. The fraction of sp³-hybridized carbons (Fsp3) is 0.609. The Morgan fingerprint density at radius 1 is 1.24 bits per heavy atom. The van der Waals surface area contributed by atoms with Crippen LogP contribution < -0.4 is 10.1 Å². The van der Waals surface area contributed by atoms with Crippen LogP contribution in [0.25, 0.3) is 0 Å². The Balaban J connectivity index is 1.26. The van der Waals surface area contributed by atoms with Crippen molar-refractivity contribution in [2.75, 3.05) is 38.6 Å². The number of hydrogen-bond donors (Lipinski definition) is 1. The fourth-order valence-corrected chi connectivity index (χ4v) is 5.12. The quantitative estimate of drug-likeness (QED) is 0.547. The first-order chi connectivity index (χ1) is 16.1. The molecule has 1 amide bonds. The third-order valence-corrected chi connectivity index (χ3v) is 7.14. The Hall–Kier alpha value is -2.17. The predicted molar refractivity (Wildman–Crippen MR) is 122 cm³/mol. The first-order valence-corrected chi connectivity index (χ1v) is 12.5. The number of amides is 1. The van der Waals surface area contributed by atoms with Gasteiger partial charge in [0.25, 0.3) is 11.1 Å². The van der Waals surface area contributed by atoms with Gasteiger partial charge in [-0.2, -0.15) is 0 Å². The van der Waals surface area contributed by atoms with Gasteiger partial charge in [-0.25, -0.2) is 4.39 Å². The molecule has 10 heteroatoms. The van der Waals surface area contributed by atoms with E-state index >= 15 is 0 Å². The molecule has 2 aromatic rings. The van der Waals surface area contributed by atoms with Crippen LogP contribution in [0.3, 0.4) is 0 Å². The molecular formula is C23H31FN4O4S. The van der Waals surface area contributed by atoms with E-state index in [9.17, 15) is 9.18 Å². The van der Waals surface area contributed by atoms with Crippen LogP contribution in [0, 0.1) is 5.82 Å². The maximum atomic E-state index is 13.8. The van der Waals surface area contributed by atoms with E-state index in [0.29, 0.717) is 6.54 Å². The molecule has 1 aliphatic heterocycles. The highest BCUT2D eigenvalue weighted by atomic mass is 32.2. The highest BCUT2D eigenvalue weighted by Gasteiger charge is 2.38. The van der Waals surface area contributed by atoms with Crippen molar-refractivity contribution >= 4 is 17.7 Å². The fourth-order valence-electron chi connectivity index (χ4n) is 4.52. The molecule has 180 valence electrons. The van der Waals surface area contributed by atoms with Gasteiger partial charge in [0.2, 0.25) is 5.91 Å². The Bertz CT molecular complexity index is 915. The molecule has 0 bridgehead atoms. The number of nitrogens with one attached hydrogen (secondary N) is 1. The molecule has 8 nitrogen and oxygen atoms in total. The van der Waals surface area contributed by atoms with Crippen molar-refractivity contribution in [1.82, 2.24) is 20.4 Å². The third-order valence-electron chi connectivity index (χ3n) is 6.32. The minimum Gasteiger partial charge on any atom is -0.478 e. The van der Waals surface area contributed by atoms with Crippen LogP contribution in [0.1, 0.15) is 51.0 Å². The van der Waals surface area contributed by atoms with E-state index in [0.717, 1.165) is 39.1 Å². The molecule has 0 spiro atoms. The molecule has 4 rings (SSSR count). The summed E-state index contributed by atoms with van der Waals surface area (Å²) in [5.41, 5.74) is 0.0273. The molecule has 1 N–H and O–H groups in total. The SMILES string of the molecule is CC(Oc1ccccc1F)c1nnc(SCC(=O)NCC2(N3CCOCC3)CCCCC2)o1. The van der Waals surface area contributed by atoms with Gasteiger partial charge in [-0.05, 0) is 31.9 Å². The smallest absolute Gasteiger partial charge is 0.277 e. The predicted octanol–water partition coefficient (Wildman–Crippen LogP) is 3.59. The summed E-state index contributed by atoms with van der Waals surface area (Å²) in [5.74, 6) is 0.0171. The first kappa shape index (κ1) is 24.0. The van der Waals surface area contributed by atoms with E-state index in [4.69, 9.17) is 13.9 Å². The topological polar surface area (TPSA) is 89.7 Å². The molecule has 1 aromatic heterocycles. The summed E-state index contributed by atoms with van der Waals surface area (Å²) in [5, 5.41) is 11.4. The van der Waals surface area contributed by atoms with E-state index in [1.807, 2.05) is 0 Å². The molecule has 1 aromatic carbocycles. The Morgan fingerprint density at radius 3 is 2.76 bits per heavy atom. The largest absolute Gasteiger partial charge is 0.478 e. The summed E-state index contributed by atoms with van der Waals surface area (Å²) in [6, 6.07) is 6.15. The van der Waals surface area contributed by atoms with E-state index in [2.05, 4.69) is 20.4 Å². The van der Waals surface area contributed by atoms with Crippen LogP contribution in [0.2, 0.25) is 0 Å². The normalized spacial score (nSPS) is 19.7. The first-order valence-electron chi connectivity index (χ1n) is 11.5. The van der Waals surface area contributed by atoms with Gasteiger partial charge in [0.15, 0.2) is 17.7 Å². The highest BCUT2D eigenvalue weighted by molar-refractivity contribution is 7.99. The number of aromatic nitrogens is 2. The summed E-state index contributed by atoms with van der Waals surface area (Å²) in [4.78, 5) is 15.1. The van der Waals surface area contributed by atoms with Crippen LogP contribution in [-0.4, -0.2) is 65.1 Å². The number of hydrogen-bond acceptors (Lipinski definition) is 8. The van der Waals surface area contributed by atoms with Gasteiger partial charge >= 0.3 is 0 Å². The Labute approximate surface area is 197 Å². The van der Waals surface area contributed by atoms with Gasteiger partial charge in [-0.15, -0.1) is 10.2 Å². The molecule has 2 heterocycles. The molecule has 1 saturated heterocycles. The maximum absolute atomic E-state index is 13.8. The number of benzene rings is 1. The van der Waals surface area contributed by atoms with Gasteiger partial charge in [0, 0.05) is 25.2 Å². The van der Waals surface area contributed by atoms with Crippen LogP contribution in [0.4, 0.5) is 4.39 Å². The Kier molecular flexibility index (Phi) is 8.21. The van der Waals surface area contributed by atoms with Crippen molar-refractivity contribution < 1.29 is 23.1 Å². The molecular weight excluding hydrogens is 447 g/mol. The van der Waals surface area contributed by atoms with Crippen LogP contribution in [0.15, 0.2) is 33.9 Å². The Morgan fingerprint density at radius 2 is 2.00 bits per heavy atom. The zero-order chi connectivity index (χ0) is 23.1. The number of carbonyl (C=O) groups is 1. The average molecular weight is 479 g/mol. The zero-order valence-corrected chi connectivity index (χ0v) is 19.7. The average Bonchev–Trinajstić information content (AvgIpc) is 3.33. The van der Waals surface area contributed by atoms with Gasteiger partial charge in [-0.1, -0.05) is 43.2 Å². The third kappa shape index (κ3) is 6.24. The number of carbonyl (C=O) groups excluding carboxylic acids is 1. The second-order valence-corrected chi connectivity index (χ2v) is 9.47. The van der Waals surface area contributed by atoms with Crippen molar-refractivity contribution in [2.24, 2.45) is 0 Å². The second kappa shape index (κ2) is 11.3. The van der Waals surface area contributed by atoms with Crippen LogP contribution in [0.5, 0.6) is 5.75 Å². The molecule has 2 aliphatic rings. The van der Waals surface area contributed by atoms with Crippen LogP contribution in [-0.2, 0) is 9.53 Å². The molecule has 2 fully saturated rings. The van der Waals surface area contributed by atoms with Crippen molar-refractivity contribution in [2.45, 2.75) is 55.9 Å². The lowest BCUT2D eigenvalue weighted by Crippen LogP contribution is -2.59. The van der Waals surface area contributed by atoms with E-state index in [-0.39, 0.29) is 34.1 Å². The van der Waals surface area contributed by atoms with Gasteiger partial charge in [0.1, 0.15) is 0 Å². The lowest BCUT2D eigenvalue weighted by molar-refractivity contribution is -0.119. The van der Waals surface area contributed by atoms with E-state index in [1.165, 1.54) is 43.2 Å². The molecule has 1 unspecified atom stereocenters. The minimum atomic E-state index is -0.614. The van der Waals surface area contributed by atoms with E-state index in [1.54, 1.807) is 19.1 Å². The molecule has 0 radical (unpaired) electrons. The van der Waals surface area contributed by atoms with E-state index < -0.39 is 11.9 Å². The summed E-state index contributed by atoms with van der Waals surface area (Å²) in [6.07, 6.45) is 5.24. The zero-order valence-electron chi connectivity index (χ0n) is 18.9. The second-order valence-electron chi connectivity index (χ2n) is 8.55. The number of para-hydroxylation sites is 1. The number of ether oxygens (including phenoxy) is 2. The number of morpholine rings is 1. The van der Waals surface area contributed by atoms with Crippen molar-refractivity contribution in [3.05, 3.63) is 36.0 Å². The lowest BCUT2D eigenvalue weighted by Gasteiger charge is -2.48. The number of nitrogens with zero attached hydrogens (tertiary/aromatic N) is 3. The van der Waals surface area contributed by atoms with Crippen molar-refractivity contribution in [3.8, 4) is 5.75 Å². The van der Waals surface area contributed by atoms with Gasteiger partial charge < -0.3 is 19.2 Å². The lowest BCUT2D eigenvalue weighted by atomic mass is 9.79. The van der Waals surface area contributed by atoms with Gasteiger partial charge in [0.05, 0.1) is 19.0 Å². The molecule has 1 saturated carbocycles. The summed E-state index contributed by atoms with van der Waals surface area (Å²) in [6.45, 7) is 5.70. The van der Waals surface area contributed by atoms with Crippen molar-refractivity contribution in [3.63, 3.8) is 0 Å². The number of rotatable bonds is 9. The monoisotopic (exact) mass is 478 g/mol.